The zero-order valence-corrected chi connectivity index (χ0v) is 13.4. The van der Waals surface area contributed by atoms with Crippen molar-refractivity contribution in [1.29, 1.82) is 5.26 Å². The molecule has 6 heteroatoms. The minimum Gasteiger partial charge on any atom is -0.197 e. The Morgan fingerprint density at radius 1 is 1.13 bits per heavy atom. The van der Waals surface area contributed by atoms with Gasteiger partial charge in [0.2, 0.25) is 5.16 Å². The molecule has 5 nitrogen and oxygen atoms in total. The maximum Gasteiger partial charge on any atom is 0.215 e. The van der Waals surface area contributed by atoms with Gasteiger partial charge in [-0.3, -0.25) is 0 Å². The van der Waals surface area contributed by atoms with Crippen molar-refractivity contribution in [2.24, 2.45) is 0 Å². The lowest BCUT2D eigenvalue weighted by Crippen LogP contribution is -2.07. The first-order valence-corrected chi connectivity index (χ1v) is 8.10. The van der Waals surface area contributed by atoms with Gasteiger partial charge in [-0.25, -0.2) is 0 Å². The number of para-hydroxylation sites is 1. The average Bonchev–Trinajstić information content (AvgIpc) is 3.05. The summed E-state index contributed by atoms with van der Waals surface area (Å²) in [6, 6.07) is 20.2. The van der Waals surface area contributed by atoms with Crippen LogP contribution in [-0.4, -0.2) is 25.5 Å². The molecule has 3 rings (SSSR count). The monoisotopic (exact) mass is 321 g/mol. The van der Waals surface area contributed by atoms with Crippen LogP contribution in [-0.2, 0) is 6.42 Å². The Labute approximate surface area is 139 Å². The van der Waals surface area contributed by atoms with Crippen molar-refractivity contribution in [3.63, 3.8) is 0 Å². The number of thioether (sulfide) groups is 1. The Morgan fingerprint density at radius 3 is 2.57 bits per heavy atom. The summed E-state index contributed by atoms with van der Waals surface area (Å²) in [7, 11) is 0. The van der Waals surface area contributed by atoms with E-state index in [9.17, 15) is 5.26 Å². The molecule has 0 saturated heterocycles. The second-order valence-electron chi connectivity index (χ2n) is 5.13. The summed E-state index contributed by atoms with van der Waals surface area (Å²) in [5.74, 6) is 0. The minimum absolute atomic E-state index is 0.244. The number of aryl methyl sites for hydroxylation is 1. The molecule has 0 aliphatic rings. The normalized spacial score (nSPS) is 11.8. The molecule has 2 aromatic carbocycles. The lowest BCUT2D eigenvalue weighted by molar-refractivity contribution is 0.755. The van der Waals surface area contributed by atoms with E-state index in [0.29, 0.717) is 11.6 Å². The highest BCUT2D eigenvalue weighted by Crippen LogP contribution is 2.25. The molecular weight excluding hydrogens is 306 g/mol. The van der Waals surface area contributed by atoms with E-state index in [1.165, 1.54) is 17.3 Å². The van der Waals surface area contributed by atoms with Crippen molar-refractivity contribution in [1.82, 2.24) is 20.2 Å². The quantitative estimate of drug-likeness (QED) is 0.675. The molecule has 0 radical (unpaired) electrons. The first-order chi connectivity index (χ1) is 11.3. The van der Waals surface area contributed by atoms with Gasteiger partial charge in [0, 0.05) is 0 Å². The lowest BCUT2D eigenvalue weighted by atomic mass is 10.1. The fourth-order valence-electron chi connectivity index (χ4n) is 2.16. The van der Waals surface area contributed by atoms with Gasteiger partial charge in [-0.05, 0) is 41.5 Å². The van der Waals surface area contributed by atoms with Crippen LogP contribution in [0.25, 0.3) is 5.69 Å². The Bertz CT molecular complexity index is 805. The minimum atomic E-state index is -0.244. The second kappa shape index (κ2) is 7.07. The molecule has 1 aromatic heterocycles. The van der Waals surface area contributed by atoms with Crippen LogP contribution < -0.4 is 0 Å². The van der Waals surface area contributed by atoms with E-state index < -0.39 is 0 Å². The van der Waals surface area contributed by atoms with Crippen molar-refractivity contribution < 1.29 is 0 Å². The van der Waals surface area contributed by atoms with Gasteiger partial charge in [0.1, 0.15) is 5.25 Å². The summed E-state index contributed by atoms with van der Waals surface area (Å²) >= 11 is 1.38. The third kappa shape index (κ3) is 3.76. The molecule has 1 heterocycles. The van der Waals surface area contributed by atoms with Gasteiger partial charge in [-0.2, -0.15) is 9.94 Å². The van der Waals surface area contributed by atoms with Gasteiger partial charge >= 0.3 is 0 Å². The molecule has 0 aliphatic carbocycles. The third-order valence-corrected chi connectivity index (χ3v) is 4.40. The molecule has 3 aromatic rings. The number of hydrogen-bond acceptors (Lipinski definition) is 5. The van der Waals surface area contributed by atoms with E-state index in [1.54, 1.807) is 4.68 Å². The number of nitriles is 1. The molecule has 114 valence electrons. The van der Waals surface area contributed by atoms with E-state index in [4.69, 9.17) is 0 Å². The highest BCUT2D eigenvalue weighted by molar-refractivity contribution is 8.00. The average molecular weight is 321 g/mol. The van der Waals surface area contributed by atoms with E-state index in [0.717, 1.165) is 11.3 Å². The van der Waals surface area contributed by atoms with Gasteiger partial charge in [0.05, 0.1) is 11.8 Å². The van der Waals surface area contributed by atoms with E-state index in [1.807, 2.05) is 37.3 Å². The summed E-state index contributed by atoms with van der Waals surface area (Å²) in [5, 5.41) is 21.6. The highest BCUT2D eigenvalue weighted by Gasteiger charge is 2.16. The van der Waals surface area contributed by atoms with Crippen molar-refractivity contribution in [3.05, 3.63) is 65.7 Å². The number of aromatic nitrogens is 4. The second-order valence-corrected chi connectivity index (χ2v) is 6.30. The number of benzene rings is 2. The maximum absolute atomic E-state index is 9.45. The van der Waals surface area contributed by atoms with Crippen molar-refractivity contribution in [2.45, 2.75) is 23.8 Å². The Balaban J connectivity index is 1.77. The number of hydrogen-bond donors (Lipinski definition) is 0. The van der Waals surface area contributed by atoms with E-state index in [-0.39, 0.29) is 5.25 Å². The SMILES string of the molecule is Cc1ccc(C[C@H](C#N)Sc2nnnn2-c2ccccc2)cc1. The zero-order chi connectivity index (χ0) is 16.1. The largest absolute Gasteiger partial charge is 0.215 e. The smallest absolute Gasteiger partial charge is 0.197 e. The molecule has 0 amide bonds. The van der Waals surface area contributed by atoms with Crippen LogP contribution >= 0.6 is 11.8 Å². The predicted octanol–water partition coefficient (Wildman–Crippen LogP) is 3.20. The molecule has 0 spiro atoms. The summed E-state index contributed by atoms with van der Waals surface area (Å²) in [4.78, 5) is 0. The summed E-state index contributed by atoms with van der Waals surface area (Å²) in [6.07, 6.45) is 0.656. The molecule has 0 unspecified atom stereocenters. The Morgan fingerprint density at radius 2 is 1.87 bits per heavy atom. The van der Waals surface area contributed by atoms with Gasteiger partial charge < -0.3 is 0 Å². The molecule has 0 bridgehead atoms. The van der Waals surface area contributed by atoms with Crippen LogP contribution in [0.1, 0.15) is 11.1 Å². The van der Waals surface area contributed by atoms with E-state index in [2.05, 4.69) is 45.9 Å². The van der Waals surface area contributed by atoms with Crippen LogP contribution in [0.2, 0.25) is 0 Å². The van der Waals surface area contributed by atoms with Crippen molar-refractivity contribution >= 4 is 11.8 Å². The molecule has 0 N–H and O–H groups in total. The first-order valence-electron chi connectivity index (χ1n) is 7.22. The summed E-state index contributed by atoms with van der Waals surface area (Å²) in [6.45, 7) is 2.05. The van der Waals surface area contributed by atoms with Gasteiger partial charge in [-0.15, -0.1) is 5.10 Å². The number of nitrogens with zero attached hydrogens (tertiary/aromatic N) is 5. The third-order valence-electron chi connectivity index (χ3n) is 3.38. The topological polar surface area (TPSA) is 67.4 Å². The molecule has 23 heavy (non-hydrogen) atoms. The molecule has 0 saturated carbocycles. The molecule has 1 atom stereocenters. The zero-order valence-electron chi connectivity index (χ0n) is 12.6. The highest BCUT2D eigenvalue weighted by atomic mass is 32.2. The molecular formula is C17H15N5S. The van der Waals surface area contributed by atoms with Crippen LogP contribution in [0.3, 0.4) is 0 Å². The standard InChI is InChI=1S/C17H15N5S/c1-13-7-9-14(10-8-13)11-16(12-18)23-17-19-20-21-22(17)15-5-3-2-4-6-15/h2-10,16H,11H2,1H3/t16-/m1/s1. The maximum atomic E-state index is 9.45. The van der Waals surface area contributed by atoms with Crippen LogP contribution in [0.4, 0.5) is 0 Å². The van der Waals surface area contributed by atoms with Crippen molar-refractivity contribution in [3.8, 4) is 11.8 Å². The first kappa shape index (κ1) is 15.3. The fraction of sp³-hybridized carbons (Fsp3) is 0.176. The lowest BCUT2D eigenvalue weighted by Gasteiger charge is -2.09. The van der Waals surface area contributed by atoms with Crippen LogP contribution in [0.15, 0.2) is 59.8 Å². The van der Waals surface area contributed by atoms with Crippen LogP contribution in [0, 0.1) is 18.3 Å². The van der Waals surface area contributed by atoms with Gasteiger partial charge in [-0.1, -0.05) is 59.8 Å². The number of tetrazole rings is 1. The Kier molecular flexibility index (Phi) is 4.69. The van der Waals surface area contributed by atoms with Crippen LogP contribution in [0.5, 0.6) is 0 Å². The summed E-state index contributed by atoms with van der Waals surface area (Å²) in [5.41, 5.74) is 3.23. The molecule has 0 aliphatic heterocycles. The van der Waals surface area contributed by atoms with E-state index >= 15 is 0 Å². The number of rotatable bonds is 5. The predicted molar refractivity (Wildman–Crippen MR) is 89.3 cm³/mol. The molecule has 0 fully saturated rings. The fourth-order valence-corrected chi connectivity index (χ4v) is 3.07. The Hall–Kier alpha value is -2.65. The van der Waals surface area contributed by atoms with Gasteiger partial charge in [0.25, 0.3) is 0 Å². The summed E-state index contributed by atoms with van der Waals surface area (Å²) < 4.78 is 1.66. The van der Waals surface area contributed by atoms with Crippen molar-refractivity contribution in [2.75, 3.05) is 0 Å². The van der Waals surface area contributed by atoms with Gasteiger partial charge in [0.15, 0.2) is 0 Å².